The lowest BCUT2D eigenvalue weighted by molar-refractivity contribution is 0.454. The molecule has 0 heterocycles. The van der Waals surface area contributed by atoms with E-state index in [4.69, 9.17) is 0 Å². The molecule has 2 rings (SSSR count). The van der Waals surface area contributed by atoms with E-state index in [1.165, 1.54) is 0 Å². The van der Waals surface area contributed by atoms with E-state index >= 15 is 0 Å². The van der Waals surface area contributed by atoms with Gasteiger partial charge in [-0.05, 0) is 66.7 Å². The average Bonchev–Trinajstić information content (AvgIpc) is 2.59. The molecule has 1 atom stereocenters. The molecule has 2 aromatic carbocycles. The lowest BCUT2D eigenvalue weighted by atomic mass is 9.80. The van der Waals surface area contributed by atoms with Crippen LogP contribution in [0.4, 0.5) is 0 Å². The SMILES string of the molecule is C=C(C)c1cc(C(=C)C)c(O)c(C(C)c2cc(C(C)(C)C)cc(C(=C)C)c2O)c1. The summed E-state index contributed by atoms with van der Waals surface area (Å²) in [7, 11) is 0. The van der Waals surface area contributed by atoms with Gasteiger partial charge in [0.15, 0.2) is 0 Å². The molecule has 0 aliphatic heterocycles. The fourth-order valence-electron chi connectivity index (χ4n) is 3.47. The van der Waals surface area contributed by atoms with Crippen LogP contribution in [0, 0.1) is 0 Å². The monoisotopic (exact) mass is 390 g/mol. The van der Waals surface area contributed by atoms with Crippen LogP contribution in [0.2, 0.25) is 0 Å². The fraction of sp³-hybridized carbons (Fsp3) is 0.333. The summed E-state index contributed by atoms with van der Waals surface area (Å²) < 4.78 is 0. The third kappa shape index (κ3) is 4.48. The minimum absolute atomic E-state index is 0.0865. The molecule has 2 N–H and O–H groups in total. The molecule has 2 aromatic rings. The van der Waals surface area contributed by atoms with E-state index < -0.39 is 0 Å². The Morgan fingerprint density at radius 2 is 1.21 bits per heavy atom. The Morgan fingerprint density at radius 1 is 0.759 bits per heavy atom. The van der Waals surface area contributed by atoms with Crippen LogP contribution in [0.15, 0.2) is 44.0 Å². The van der Waals surface area contributed by atoms with Crippen molar-refractivity contribution < 1.29 is 10.2 Å². The highest BCUT2D eigenvalue weighted by atomic mass is 16.3. The second kappa shape index (κ2) is 7.94. The van der Waals surface area contributed by atoms with Gasteiger partial charge < -0.3 is 10.2 Å². The first-order chi connectivity index (χ1) is 13.3. The number of rotatable bonds is 5. The van der Waals surface area contributed by atoms with Crippen molar-refractivity contribution in [1.29, 1.82) is 0 Å². The number of phenolic OH excluding ortho intramolecular Hbond substituents is 2. The van der Waals surface area contributed by atoms with Gasteiger partial charge in [-0.1, -0.05) is 59.1 Å². The molecule has 0 aromatic heterocycles. The number of hydrogen-bond donors (Lipinski definition) is 2. The van der Waals surface area contributed by atoms with Crippen LogP contribution in [-0.2, 0) is 5.41 Å². The van der Waals surface area contributed by atoms with E-state index in [-0.39, 0.29) is 22.8 Å². The molecule has 154 valence electrons. The summed E-state index contributed by atoms with van der Waals surface area (Å²) in [6.45, 7) is 26.3. The van der Waals surface area contributed by atoms with Gasteiger partial charge in [0.25, 0.3) is 0 Å². The summed E-state index contributed by atoms with van der Waals surface area (Å²) in [4.78, 5) is 0. The molecule has 2 nitrogen and oxygen atoms in total. The summed E-state index contributed by atoms with van der Waals surface area (Å²) in [5.41, 5.74) is 7.47. The van der Waals surface area contributed by atoms with Crippen molar-refractivity contribution in [2.75, 3.05) is 0 Å². The van der Waals surface area contributed by atoms with Crippen LogP contribution in [0.25, 0.3) is 16.7 Å². The lowest BCUT2D eigenvalue weighted by Crippen LogP contribution is -2.13. The molecule has 0 bridgehead atoms. The smallest absolute Gasteiger partial charge is 0.126 e. The molecule has 0 saturated heterocycles. The van der Waals surface area contributed by atoms with Crippen molar-refractivity contribution >= 4 is 16.7 Å². The van der Waals surface area contributed by atoms with Crippen LogP contribution in [0.1, 0.15) is 87.8 Å². The van der Waals surface area contributed by atoms with Gasteiger partial charge in [-0.2, -0.15) is 0 Å². The third-order valence-electron chi connectivity index (χ3n) is 5.49. The van der Waals surface area contributed by atoms with E-state index in [1.807, 2.05) is 52.0 Å². The second-order valence-corrected chi connectivity index (χ2v) is 9.24. The van der Waals surface area contributed by atoms with Crippen LogP contribution >= 0.6 is 0 Å². The molecule has 0 spiro atoms. The largest absolute Gasteiger partial charge is 0.507 e. The molecule has 0 radical (unpaired) electrons. The van der Waals surface area contributed by atoms with E-state index in [0.29, 0.717) is 5.56 Å². The predicted molar refractivity (Wildman–Crippen MR) is 127 cm³/mol. The summed E-state index contributed by atoms with van der Waals surface area (Å²) in [5, 5.41) is 22.1. The molecule has 1 unspecified atom stereocenters. The minimum atomic E-state index is -0.229. The minimum Gasteiger partial charge on any atom is -0.507 e. The Hall–Kier alpha value is -2.74. The standard InChI is InChI=1S/C27H34O2/c1-15(2)19-11-21(16(3)4)25(28)23(12-19)18(7)24-14-20(27(8,9)10)13-22(17(5)6)26(24)29/h11-14,18,28-29H,1,3,5H2,2,4,6-10H3. The molecule has 0 amide bonds. The zero-order valence-corrected chi connectivity index (χ0v) is 18.9. The molecule has 0 aliphatic carbocycles. The van der Waals surface area contributed by atoms with Gasteiger partial charge in [0.2, 0.25) is 0 Å². The fourth-order valence-corrected chi connectivity index (χ4v) is 3.47. The van der Waals surface area contributed by atoms with Crippen LogP contribution in [0.5, 0.6) is 11.5 Å². The zero-order chi connectivity index (χ0) is 22.3. The molecular weight excluding hydrogens is 356 g/mol. The van der Waals surface area contributed by atoms with Gasteiger partial charge in [-0.25, -0.2) is 0 Å². The highest BCUT2D eigenvalue weighted by molar-refractivity contribution is 5.76. The van der Waals surface area contributed by atoms with Gasteiger partial charge in [0.05, 0.1) is 0 Å². The molecule has 0 aliphatic rings. The Kier molecular flexibility index (Phi) is 6.18. The van der Waals surface area contributed by atoms with Gasteiger partial charge in [-0.3, -0.25) is 0 Å². The first-order valence-electron chi connectivity index (χ1n) is 9.97. The second-order valence-electron chi connectivity index (χ2n) is 9.24. The molecule has 29 heavy (non-hydrogen) atoms. The molecule has 2 heteroatoms. The maximum atomic E-state index is 11.1. The maximum Gasteiger partial charge on any atom is 0.126 e. The predicted octanol–water partition coefficient (Wildman–Crippen LogP) is 7.65. The topological polar surface area (TPSA) is 40.5 Å². The van der Waals surface area contributed by atoms with E-state index in [0.717, 1.165) is 44.5 Å². The Labute approximate surface area is 175 Å². The van der Waals surface area contributed by atoms with Crippen molar-refractivity contribution in [3.63, 3.8) is 0 Å². The Balaban J connectivity index is 2.82. The van der Waals surface area contributed by atoms with Crippen molar-refractivity contribution in [3.8, 4) is 11.5 Å². The van der Waals surface area contributed by atoms with Crippen molar-refractivity contribution in [3.05, 3.63) is 77.4 Å². The number of benzene rings is 2. The van der Waals surface area contributed by atoms with Gasteiger partial charge >= 0.3 is 0 Å². The summed E-state index contributed by atoms with van der Waals surface area (Å²) >= 11 is 0. The molecular formula is C27H34O2. The summed E-state index contributed by atoms with van der Waals surface area (Å²) in [5.74, 6) is 0.190. The molecule has 0 fully saturated rings. The van der Waals surface area contributed by atoms with Crippen molar-refractivity contribution in [1.82, 2.24) is 0 Å². The zero-order valence-electron chi connectivity index (χ0n) is 18.9. The summed E-state index contributed by atoms with van der Waals surface area (Å²) in [6.07, 6.45) is 0. The Morgan fingerprint density at radius 3 is 1.62 bits per heavy atom. The van der Waals surface area contributed by atoms with Crippen LogP contribution in [-0.4, -0.2) is 10.2 Å². The van der Waals surface area contributed by atoms with Crippen molar-refractivity contribution in [2.45, 2.75) is 59.8 Å². The number of allylic oxidation sites excluding steroid dienone is 3. The van der Waals surface area contributed by atoms with E-state index in [1.54, 1.807) is 0 Å². The highest BCUT2D eigenvalue weighted by Crippen LogP contribution is 2.44. The average molecular weight is 391 g/mol. The van der Waals surface area contributed by atoms with Crippen LogP contribution in [0.3, 0.4) is 0 Å². The van der Waals surface area contributed by atoms with Gasteiger partial charge in [0, 0.05) is 28.2 Å². The van der Waals surface area contributed by atoms with Gasteiger partial charge in [0.1, 0.15) is 11.5 Å². The maximum absolute atomic E-state index is 11.1. The lowest BCUT2D eigenvalue weighted by Gasteiger charge is -2.26. The molecule has 0 saturated carbocycles. The van der Waals surface area contributed by atoms with Crippen LogP contribution < -0.4 is 0 Å². The van der Waals surface area contributed by atoms with E-state index in [2.05, 4.69) is 40.5 Å². The quantitative estimate of drug-likeness (QED) is 0.550. The number of aromatic hydroxyl groups is 2. The normalized spacial score (nSPS) is 12.5. The first-order valence-corrected chi connectivity index (χ1v) is 9.97. The number of phenols is 2. The summed E-state index contributed by atoms with van der Waals surface area (Å²) in [6, 6.07) is 7.93. The first kappa shape index (κ1) is 22.5. The highest BCUT2D eigenvalue weighted by Gasteiger charge is 2.25. The Bertz CT molecular complexity index is 1000. The van der Waals surface area contributed by atoms with Gasteiger partial charge in [-0.15, -0.1) is 0 Å². The third-order valence-corrected chi connectivity index (χ3v) is 5.49. The number of hydrogen-bond acceptors (Lipinski definition) is 2. The van der Waals surface area contributed by atoms with Crippen molar-refractivity contribution in [2.24, 2.45) is 0 Å². The van der Waals surface area contributed by atoms with E-state index in [9.17, 15) is 10.2 Å².